The molecule has 0 amide bonds. The molecule has 5 aliphatic rings. The predicted molar refractivity (Wildman–Crippen MR) is 191 cm³/mol. The van der Waals surface area contributed by atoms with Crippen LogP contribution in [0.3, 0.4) is 0 Å². The minimum atomic E-state index is -1.70. The van der Waals surface area contributed by atoms with Crippen LogP contribution in [0.15, 0.2) is 29.6 Å². The van der Waals surface area contributed by atoms with E-state index in [0.29, 0.717) is 41.0 Å². The number of pyridine rings is 1. The van der Waals surface area contributed by atoms with Gasteiger partial charge < -0.3 is 24.9 Å². The molecule has 2 heterocycles. The Morgan fingerprint density at radius 1 is 1.09 bits per heavy atom. The van der Waals surface area contributed by atoms with Crippen LogP contribution in [0, 0.1) is 40.4 Å². The topological polar surface area (TPSA) is 131 Å². The Hall–Kier alpha value is -2.23. The average molecular weight is 678 g/mol. The lowest BCUT2D eigenvalue weighted by atomic mass is 9.48. The molecular weight excluding hydrogens is 623 g/mol. The maximum absolute atomic E-state index is 12.1. The summed E-state index contributed by atoms with van der Waals surface area (Å²) in [6.45, 7) is 14.2. The molecule has 47 heavy (non-hydrogen) atoms. The van der Waals surface area contributed by atoms with E-state index < -0.39 is 19.5 Å². The van der Waals surface area contributed by atoms with Gasteiger partial charge in [-0.05, 0) is 124 Å². The Morgan fingerprint density at radius 3 is 2.47 bits per heavy atom. The lowest BCUT2D eigenvalue weighted by Crippen LogP contribution is -2.60. The largest absolute Gasteiger partial charge is 0.610 e. The van der Waals surface area contributed by atoms with Crippen molar-refractivity contribution in [2.45, 2.75) is 120 Å². The molecule has 5 saturated carbocycles. The van der Waals surface area contributed by atoms with Crippen molar-refractivity contribution in [2.24, 2.45) is 29.1 Å². The summed E-state index contributed by atoms with van der Waals surface area (Å²) < 4.78 is 18.9. The zero-order chi connectivity index (χ0) is 33.4. The number of rotatable bonds is 12. The van der Waals surface area contributed by atoms with Gasteiger partial charge >= 0.3 is 0 Å². The number of hydrogen-bond donors (Lipinski definition) is 3. The van der Waals surface area contributed by atoms with Gasteiger partial charge in [0.15, 0.2) is 8.32 Å². The van der Waals surface area contributed by atoms with Gasteiger partial charge in [-0.25, -0.2) is 9.97 Å². The van der Waals surface area contributed by atoms with E-state index in [2.05, 4.69) is 65.9 Å². The minimum Gasteiger partial charge on any atom is -0.610 e. The molecule has 5 fully saturated rings. The highest BCUT2D eigenvalue weighted by Gasteiger charge is 2.55. The molecule has 4 bridgehead atoms. The number of nitrogens with one attached hydrogen (secondary N) is 3. The molecule has 6 atom stereocenters. The van der Waals surface area contributed by atoms with Gasteiger partial charge in [-0.3, -0.25) is 0 Å². The third-order valence-corrected chi connectivity index (χ3v) is 17.6. The quantitative estimate of drug-likeness (QED) is 0.163. The second-order valence-electron chi connectivity index (χ2n) is 16.6. The fourth-order valence-corrected chi connectivity index (χ4v) is 11.2. The fraction of sp³-hybridized carbons (Fsp3) is 0.722. The normalized spacial score (nSPS) is 30.9. The van der Waals surface area contributed by atoms with Gasteiger partial charge in [-0.1, -0.05) is 20.8 Å². The molecule has 2 aromatic rings. The first kappa shape index (κ1) is 34.6. The van der Waals surface area contributed by atoms with Crippen LogP contribution in [0.2, 0.25) is 18.1 Å². The van der Waals surface area contributed by atoms with Crippen LogP contribution >= 0.6 is 0 Å². The Bertz CT molecular complexity index is 1420. The highest BCUT2D eigenvalue weighted by molar-refractivity contribution is 7.90. The zero-order valence-corrected chi connectivity index (χ0v) is 31.1. The van der Waals surface area contributed by atoms with Crippen molar-refractivity contribution in [3.05, 3.63) is 35.7 Å². The third-order valence-electron chi connectivity index (χ3n) is 12.2. The highest BCUT2D eigenvalue weighted by atomic mass is 32.2. The maximum Gasteiger partial charge on any atom is 0.249 e. The third kappa shape index (κ3) is 7.83. The Balaban J connectivity index is 1.02. The second kappa shape index (κ2) is 13.9. The first-order chi connectivity index (χ1) is 22.3. The van der Waals surface area contributed by atoms with E-state index in [9.17, 15) is 9.81 Å². The summed E-state index contributed by atoms with van der Waals surface area (Å²) >= 11 is -1.18. The molecule has 256 valence electrons. The number of hydrogen-bond acceptors (Lipinski definition) is 9. The molecule has 7 rings (SSSR count). The van der Waals surface area contributed by atoms with Crippen LogP contribution in [-0.4, -0.2) is 59.3 Å². The van der Waals surface area contributed by atoms with Crippen molar-refractivity contribution in [3.63, 3.8) is 0 Å². The van der Waals surface area contributed by atoms with Gasteiger partial charge in [-0.15, -0.1) is 0 Å². The summed E-state index contributed by atoms with van der Waals surface area (Å²) in [6.07, 6.45) is 16.8. The van der Waals surface area contributed by atoms with E-state index in [0.717, 1.165) is 42.3 Å². The van der Waals surface area contributed by atoms with Crippen molar-refractivity contribution in [2.75, 3.05) is 30.0 Å². The SMILES string of the molecule is C[S+]([O-])c1ncccc1CNc1ncc(C#N)c(NC[C@]23CC4C[C@H](C2)[C@@H](NC[C@H]2CC[C@H](O[Si](C)(C)C(C)(C)C)CC2)[C@@H](C4)C3)n1. The van der Waals surface area contributed by atoms with E-state index >= 15 is 0 Å². The average Bonchev–Trinajstić information content (AvgIpc) is 3.02. The molecule has 0 radical (unpaired) electrons. The Labute approximate surface area is 286 Å². The molecule has 2 unspecified atom stereocenters. The molecule has 9 nitrogen and oxygen atoms in total. The lowest BCUT2D eigenvalue weighted by Gasteiger charge is -2.60. The van der Waals surface area contributed by atoms with E-state index in [1.165, 1.54) is 57.8 Å². The molecule has 0 aliphatic heterocycles. The van der Waals surface area contributed by atoms with Crippen molar-refractivity contribution >= 4 is 31.3 Å². The van der Waals surface area contributed by atoms with Crippen molar-refractivity contribution in [1.82, 2.24) is 20.3 Å². The predicted octanol–water partition coefficient (Wildman–Crippen LogP) is 6.87. The number of aromatic nitrogens is 3. The summed E-state index contributed by atoms with van der Waals surface area (Å²) in [7, 11) is -1.70. The van der Waals surface area contributed by atoms with Crippen LogP contribution in [-0.2, 0) is 22.1 Å². The van der Waals surface area contributed by atoms with Gasteiger partial charge in [0.05, 0.1) is 6.20 Å². The number of anilines is 2. The lowest BCUT2D eigenvalue weighted by molar-refractivity contribution is -0.0704. The second-order valence-corrected chi connectivity index (χ2v) is 22.7. The zero-order valence-electron chi connectivity index (χ0n) is 29.3. The van der Waals surface area contributed by atoms with Gasteiger partial charge in [0, 0.05) is 48.2 Å². The van der Waals surface area contributed by atoms with Crippen LogP contribution in [0.25, 0.3) is 0 Å². The molecule has 0 aromatic carbocycles. The van der Waals surface area contributed by atoms with Crippen LogP contribution in [0.4, 0.5) is 11.8 Å². The van der Waals surface area contributed by atoms with E-state index in [1.807, 2.05) is 12.1 Å². The summed E-state index contributed by atoms with van der Waals surface area (Å²) in [4.78, 5) is 13.4. The van der Waals surface area contributed by atoms with Gasteiger partial charge in [0.25, 0.3) is 0 Å². The molecule has 2 aromatic heterocycles. The first-order valence-electron chi connectivity index (χ1n) is 17.8. The molecule has 0 spiro atoms. The fourth-order valence-electron chi connectivity index (χ4n) is 9.04. The number of nitriles is 1. The molecular formula is C36H55N7O2SSi. The smallest absolute Gasteiger partial charge is 0.249 e. The van der Waals surface area contributed by atoms with E-state index in [1.54, 1.807) is 18.6 Å². The molecule has 11 heteroatoms. The monoisotopic (exact) mass is 677 g/mol. The van der Waals surface area contributed by atoms with Gasteiger partial charge in [-0.2, -0.15) is 10.2 Å². The van der Waals surface area contributed by atoms with Crippen LogP contribution < -0.4 is 16.0 Å². The van der Waals surface area contributed by atoms with Gasteiger partial charge in [0.1, 0.15) is 23.7 Å². The molecule has 3 N–H and O–H groups in total. The molecule has 5 aliphatic carbocycles. The summed E-state index contributed by atoms with van der Waals surface area (Å²) in [5.74, 6) is 4.08. The van der Waals surface area contributed by atoms with Crippen molar-refractivity contribution < 1.29 is 8.98 Å². The van der Waals surface area contributed by atoms with Gasteiger partial charge in [0.2, 0.25) is 11.0 Å². The Kier molecular flexibility index (Phi) is 10.3. The Morgan fingerprint density at radius 2 is 1.81 bits per heavy atom. The standard InChI is InChI=1S/C36H55N7O2SSi/c1-35(2,3)47(5,6)45-30-11-9-24(10-12-30)20-39-31-27-14-25-15-28(31)18-36(16-25,17-27)23-42-32-29(19-37)22-41-34(43-32)40-21-26-8-7-13-38-33(26)46(4)44/h7-8,13,22,24-25,27-28,30-31,39H,9-12,14-18,20-21,23H2,1-6H3,(H2,40,41,42,43)/t24-,25?,27-,28+,30-,31-,36-,46?. The summed E-state index contributed by atoms with van der Waals surface area (Å²) in [5, 5.41) is 21.6. The van der Waals surface area contributed by atoms with Crippen molar-refractivity contribution in [1.29, 1.82) is 5.26 Å². The van der Waals surface area contributed by atoms with Crippen LogP contribution in [0.1, 0.15) is 89.7 Å². The van der Waals surface area contributed by atoms with E-state index in [4.69, 9.17) is 9.41 Å². The minimum absolute atomic E-state index is 0.259. The first-order valence-corrected chi connectivity index (χ1v) is 22.2. The maximum atomic E-state index is 12.1. The summed E-state index contributed by atoms with van der Waals surface area (Å²) in [6, 6.07) is 6.66. The summed E-state index contributed by atoms with van der Waals surface area (Å²) in [5.41, 5.74) is 1.56. The van der Waals surface area contributed by atoms with E-state index in [-0.39, 0.29) is 10.5 Å². The van der Waals surface area contributed by atoms with Crippen molar-refractivity contribution in [3.8, 4) is 6.07 Å². The molecule has 0 saturated heterocycles. The highest BCUT2D eigenvalue weighted by Crippen LogP contribution is 2.60. The number of nitrogens with zero attached hydrogens (tertiary/aromatic N) is 4. The van der Waals surface area contributed by atoms with Crippen LogP contribution in [0.5, 0.6) is 0 Å².